The maximum atomic E-state index is 12.0. The molecule has 4 nitrogen and oxygen atoms in total. The first-order valence-electron chi connectivity index (χ1n) is 5.34. The molecular weight excluding hydrogens is 333 g/mol. The molecule has 94 valence electrons. The summed E-state index contributed by atoms with van der Waals surface area (Å²) in [4.78, 5) is 12.0. The van der Waals surface area contributed by atoms with Crippen molar-refractivity contribution in [1.82, 2.24) is 5.32 Å². The van der Waals surface area contributed by atoms with Gasteiger partial charge in [0, 0.05) is 17.3 Å². The van der Waals surface area contributed by atoms with Crippen molar-refractivity contribution in [2.24, 2.45) is 0 Å². The fourth-order valence-electron chi connectivity index (χ4n) is 1.46. The molecular formula is C12H16INO3. The van der Waals surface area contributed by atoms with Gasteiger partial charge in [-0.1, -0.05) is 12.1 Å². The highest BCUT2D eigenvalue weighted by molar-refractivity contribution is 14.1. The molecule has 17 heavy (non-hydrogen) atoms. The van der Waals surface area contributed by atoms with Crippen LogP contribution in [0, 0.1) is 3.57 Å². The Bertz CT molecular complexity index is 365. The van der Waals surface area contributed by atoms with E-state index in [-0.39, 0.29) is 18.6 Å². The molecule has 1 aromatic carbocycles. The van der Waals surface area contributed by atoms with E-state index in [0.29, 0.717) is 18.6 Å². The van der Waals surface area contributed by atoms with Crippen LogP contribution in [0.5, 0.6) is 0 Å². The van der Waals surface area contributed by atoms with Gasteiger partial charge in [0.15, 0.2) is 0 Å². The normalized spacial score (nSPS) is 12.2. The van der Waals surface area contributed by atoms with Crippen LogP contribution in [-0.4, -0.2) is 37.4 Å². The Labute approximate surface area is 115 Å². The Hall–Kier alpha value is -0.660. The monoisotopic (exact) mass is 349 g/mol. The Morgan fingerprint density at radius 1 is 1.53 bits per heavy atom. The number of amides is 1. The second-order valence-electron chi connectivity index (χ2n) is 3.62. The molecule has 0 radical (unpaired) electrons. The zero-order valence-electron chi connectivity index (χ0n) is 9.65. The summed E-state index contributed by atoms with van der Waals surface area (Å²) < 4.78 is 5.90. The van der Waals surface area contributed by atoms with Gasteiger partial charge in [-0.15, -0.1) is 0 Å². The number of carbonyl (C=O) groups is 1. The van der Waals surface area contributed by atoms with Crippen LogP contribution < -0.4 is 5.32 Å². The Balaban J connectivity index is 2.67. The summed E-state index contributed by atoms with van der Waals surface area (Å²) in [6, 6.07) is 7.22. The molecule has 1 aromatic rings. The van der Waals surface area contributed by atoms with Gasteiger partial charge < -0.3 is 15.2 Å². The molecule has 1 rings (SSSR count). The van der Waals surface area contributed by atoms with Crippen molar-refractivity contribution in [2.75, 3.05) is 20.3 Å². The van der Waals surface area contributed by atoms with Crippen molar-refractivity contribution in [3.63, 3.8) is 0 Å². The second kappa shape index (κ2) is 7.62. The van der Waals surface area contributed by atoms with Crippen LogP contribution in [0.4, 0.5) is 0 Å². The number of ether oxygens (including phenoxy) is 1. The summed E-state index contributed by atoms with van der Waals surface area (Å²) in [5.41, 5.74) is 0.646. The third-order valence-electron chi connectivity index (χ3n) is 2.30. The van der Waals surface area contributed by atoms with Gasteiger partial charge in [-0.3, -0.25) is 4.79 Å². The molecule has 0 aromatic heterocycles. The van der Waals surface area contributed by atoms with Crippen LogP contribution in [0.1, 0.15) is 16.8 Å². The number of rotatable bonds is 6. The first-order chi connectivity index (χ1) is 8.19. The van der Waals surface area contributed by atoms with Crippen LogP contribution in [0.25, 0.3) is 0 Å². The van der Waals surface area contributed by atoms with Gasteiger partial charge in [0.05, 0.1) is 18.2 Å². The van der Waals surface area contributed by atoms with Crippen LogP contribution in [0.15, 0.2) is 24.3 Å². The smallest absolute Gasteiger partial charge is 0.252 e. The topological polar surface area (TPSA) is 58.6 Å². The highest BCUT2D eigenvalue weighted by atomic mass is 127. The molecule has 1 atom stereocenters. The highest BCUT2D eigenvalue weighted by Crippen LogP contribution is 2.11. The minimum absolute atomic E-state index is 0.0280. The Morgan fingerprint density at radius 3 is 2.82 bits per heavy atom. The van der Waals surface area contributed by atoms with Crippen molar-refractivity contribution in [2.45, 2.75) is 12.5 Å². The molecule has 0 bridgehead atoms. The van der Waals surface area contributed by atoms with Crippen LogP contribution in [0.3, 0.4) is 0 Å². The molecule has 0 aliphatic heterocycles. The van der Waals surface area contributed by atoms with Gasteiger partial charge in [0.25, 0.3) is 5.91 Å². The lowest BCUT2D eigenvalue weighted by Crippen LogP contribution is -2.39. The highest BCUT2D eigenvalue weighted by Gasteiger charge is 2.14. The maximum Gasteiger partial charge on any atom is 0.252 e. The van der Waals surface area contributed by atoms with Crippen molar-refractivity contribution >= 4 is 28.5 Å². The number of aliphatic hydroxyl groups is 1. The zero-order valence-corrected chi connectivity index (χ0v) is 11.8. The first kappa shape index (κ1) is 14.4. The molecule has 0 heterocycles. The average molecular weight is 349 g/mol. The fourth-order valence-corrected chi connectivity index (χ4v) is 2.10. The van der Waals surface area contributed by atoms with E-state index >= 15 is 0 Å². The number of nitrogens with one attached hydrogen (secondary N) is 1. The van der Waals surface area contributed by atoms with Gasteiger partial charge in [-0.2, -0.15) is 0 Å². The third-order valence-corrected chi connectivity index (χ3v) is 3.24. The molecule has 2 N–H and O–H groups in total. The number of hydrogen-bond donors (Lipinski definition) is 2. The zero-order chi connectivity index (χ0) is 12.7. The van der Waals surface area contributed by atoms with E-state index in [9.17, 15) is 4.79 Å². The molecule has 0 fully saturated rings. The summed E-state index contributed by atoms with van der Waals surface area (Å²) in [7, 11) is 1.57. The maximum absolute atomic E-state index is 12.0. The van der Waals surface area contributed by atoms with E-state index in [2.05, 4.69) is 27.9 Å². The molecule has 0 saturated carbocycles. The summed E-state index contributed by atoms with van der Waals surface area (Å²) in [5, 5.41) is 11.7. The standard InChI is InChI=1S/C12H16INO3/c1-17-8-9(6-7-15)14-12(16)10-4-2-3-5-11(10)13/h2-5,9,15H,6-8H2,1H3,(H,14,16). The molecule has 0 aliphatic carbocycles. The Morgan fingerprint density at radius 2 is 2.24 bits per heavy atom. The summed E-state index contributed by atoms with van der Waals surface area (Å²) >= 11 is 2.12. The number of halogens is 1. The molecule has 1 unspecified atom stereocenters. The van der Waals surface area contributed by atoms with Crippen molar-refractivity contribution < 1.29 is 14.6 Å². The summed E-state index contributed by atoms with van der Waals surface area (Å²) in [6.07, 6.45) is 0.489. The van der Waals surface area contributed by atoms with Crippen molar-refractivity contribution in [3.05, 3.63) is 33.4 Å². The van der Waals surface area contributed by atoms with Crippen LogP contribution in [0.2, 0.25) is 0 Å². The average Bonchev–Trinajstić information content (AvgIpc) is 2.30. The Kier molecular flexibility index (Phi) is 6.46. The molecule has 1 amide bonds. The van der Waals surface area contributed by atoms with Gasteiger partial charge in [0.1, 0.15) is 0 Å². The van der Waals surface area contributed by atoms with Crippen LogP contribution >= 0.6 is 22.6 Å². The number of carbonyl (C=O) groups excluding carboxylic acids is 1. The van der Waals surface area contributed by atoms with E-state index in [1.165, 1.54) is 0 Å². The van der Waals surface area contributed by atoms with Gasteiger partial charge in [-0.25, -0.2) is 0 Å². The largest absolute Gasteiger partial charge is 0.396 e. The predicted molar refractivity (Wildman–Crippen MR) is 74.0 cm³/mol. The lowest BCUT2D eigenvalue weighted by molar-refractivity contribution is 0.0878. The molecule has 0 aliphatic rings. The number of benzene rings is 1. The van der Waals surface area contributed by atoms with E-state index < -0.39 is 0 Å². The third kappa shape index (κ3) is 4.61. The van der Waals surface area contributed by atoms with Gasteiger partial charge in [0.2, 0.25) is 0 Å². The first-order valence-corrected chi connectivity index (χ1v) is 6.42. The lowest BCUT2D eigenvalue weighted by Gasteiger charge is -2.17. The second-order valence-corrected chi connectivity index (χ2v) is 4.78. The van der Waals surface area contributed by atoms with Crippen molar-refractivity contribution in [1.29, 1.82) is 0 Å². The molecule has 0 spiro atoms. The summed E-state index contributed by atoms with van der Waals surface area (Å²) in [5.74, 6) is -0.134. The summed E-state index contributed by atoms with van der Waals surface area (Å²) in [6.45, 7) is 0.426. The molecule has 5 heteroatoms. The predicted octanol–water partition coefficient (Wildman–Crippen LogP) is 1.42. The van der Waals surface area contributed by atoms with Crippen molar-refractivity contribution in [3.8, 4) is 0 Å². The number of methoxy groups -OCH3 is 1. The minimum Gasteiger partial charge on any atom is -0.396 e. The minimum atomic E-state index is -0.159. The number of hydrogen-bond acceptors (Lipinski definition) is 3. The van der Waals surface area contributed by atoms with E-state index in [0.717, 1.165) is 3.57 Å². The number of aliphatic hydroxyl groups excluding tert-OH is 1. The fraction of sp³-hybridized carbons (Fsp3) is 0.417. The lowest BCUT2D eigenvalue weighted by atomic mass is 10.1. The SMILES string of the molecule is COCC(CCO)NC(=O)c1ccccc1I. The quantitative estimate of drug-likeness (QED) is 0.764. The van der Waals surface area contributed by atoms with E-state index in [1.54, 1.807) is 13.2 Å². The van der Waals surface area contributed by atoms with E-state index in [4.69, 9.17) is 9.84 Å². The molecule has 0 saturated heterocycles. The van der Waals surface area contributed by atoms with Crippen LogP contribution in [-0.2, 0) is 4.74 Å². The van der Waals surface area contributed by atoms with Gasteiger partial charge >= 0.3 is 0 Å². The van der Waals surface area contributed by atoms with E-state index in [1.807, 2.05) is 18.2 Å². The van der Waals surface area contributed by atoms with Gasteiger partial charge in [-0.05, 0) is 41.1 Å².